The maximum absolute atomic E-state index is 11.6. The number of rotatable bonds is 2. The second-order valence-electron chi connectivity index (χ2n) is 3.99. The van der Waals surface area contributed by atoms with Crippen LogP contribution in [-0.2, 0) is 4.79 Å². The summed E-state index contributed by atoms with van der Waals surface area (Å²) < 4.78 is 0. The summed E-state index contributed by atoms with van der Waals surface area (Å²) in [4.78, 5) is 11.6. The van der Waals surface area contributed by atoms with Crippen LogP contribution >= 0.6 is 0 Å². The smallest absolute Gasteiger partial charge is 0.232 e. The van der Waals surface area contributed by atoms with Crippen molar-refractivity contribution in [2.75, 3.05) is 11.9 Å². The van der Waals surface area contributed by atoms with Gasteiger partial charge in [0.15, 0.2) is 0 Å². The molecular weight excluding hydrogens is 225 g/mol. The summed E-state index contributed by atoms with van der Waals surface area (Å²) >= 11 is 0. The Bertz CT molecular complexity index is 468. The van der Waals surface area contributed by atoms with Crippen molar-refractivity contribution in [2.45, 2.75) is 25.7 Å². The van der Waals surface area contributed by atoms with Gasteiger partial charge < -0.3 is 11.1 Å². The van der Waals surface area contributed by atoms with Crippen LogP contribution in [0.25, 0.3) is 0 Å². The summed E-state index contributed by atoms with van der Waals surface area (Å²) in [7, 11) is 5.62. The summed E-state index contributed by atoms with van der Waals surface area (Å²) in [5, 5.41) is 11.3. The van der Waals surface area contributed by atoms with Gasteiger partial charge in [-0.25, -0.2) is 0 Å². The molecule has 18 heavy (non-hydrogen) atoms. The fourth-order valence-corrected chi connectivity index (χ4v) is 1.84. The van der Waals surface area contributed by atoms with Crippen LogP contribution in [0.5, 0.6) is 0 Å². The molecule has 1 aromatic carbocycles. The van der Waals surface area contributed by atoms with E-state index in [0.29, 0.717) is 18.3 Å². The van der Waals surface area contributed by atoms with E-state index >= 15 is 0 Å². The van der Waals surface area contributed by atoms with Crippen molar-refractivity contribution in [3.63, 3.8) is 0 Å². The molecular formula is C13H16BN3O. The Balaban J connectivity index is 0.000000492. The summed E-state index contributed by atoms with van der Waals surface area (Å²) in [6.45, 7) is 2.65. The molecule has 0 fully saturated rings. The van der Waals surface area contributed by atoms with Crippen LogP contribution in [-0.4, -0.2) is 20.3 Å². The van der Waals surface area contributed by atoms with Gasteiger partial charge in [-0.2, -0.15) is 5.26 Å². The van der Waals surface area contributed by atoms with Gasteiger partial charge in [0.25, 0.3) is 0 Å². The molecule has 0 aromatic heterocycles. The molecule has 2 radical (unpaired) electrons. The number of carbonyl (C=O) groups excluding carboxylic acids is 1. The van der Waals surface area contributed by atoms with Gasteiger partial charge in [0.2, 0.25) is 5.91 Å². The predicted molar refractivity (Wildman–Crippen MR) is 72.8 cm³/mol. The summed E-state index contributed by atoms with van der Waals surface area (Å²) in [5.74, 6) is -0.230. The zero-order valence-electron chi connectivity index (χ0n) is 10.4. The quantitative estimate of drug-likeness (QED) is 0.751. The highest BCUT2D eigenvalue weighted by Crippen LogP contribution is 2.34. The van der Waals surface area contributed by atoms with E-state index in [2.05, 4.69) is 11.4 Å². The van der Waals surface area contributed by atoms with Crippen LogP contribution in [0, 0.1) is 11.3 Å². The SMILES string of the molecule is CCN.[B]c1ccc2c(c1)NC(=O)C2CCC#N. The number of nitriles is 1. The zero-order chi connectivity index (χ0) is 13.5. The molecule has 3 N–H and O–H groups in total. The monoisotopic (exact) mass is 241 g/mol. The van der Waals surface area contributed by atoms with Crippen LogP contribution in [0.2, 0.25) is 0 Å². The Morgan fingerprint density at radius 1 is 1.56 bits per heavy atom. The van der Waals surface area contributed by atoms with Gasteiger partial charge in [-0.1, -0.05) is 24.5 Å². The topological polar surface area (TPSA) is 78.9 Å². The molecule has 92 valence electrons. The lowest BCUT2D eigenvalue weighted by atomic mass is 9.90. The molecule has 1 amide bonds. The predicted octanol–water partition coefficient (Wildman–Crippen LogP) is 0.785. The first-order valence-electron chi connectivity index (χ1n) is 5.91. The first-order valence-corrected chi connectivity index (χ1v) is 5.91. The number of hydrogen-bond donors (Lipinski definition) is 2. The fraction of sp³-hybridized carbons (Fsp3) is 0.385. The minimum Gasteiger partial charge on any atom is -0.331 e. The Labute approximate surface area is 109 Å². The normalized spacial score (nSPS) is 16.1. The minimum absolute atomic E-state index is 0.0362. The molecule has 0 spiro atoms. The Morgan fingerprint density at radius 3 is 2.83 bits per heavy atom. The number of amides is 1. The average Bonchev–Trinajstić information content (AvgIpc) is 2.62. The van der Waals surface area contributed by atoms with Crippen LogP contribution in [0.3, 0.4) is 0 Å². The largest absolute Gasteiger partial charge is 0.331 e. The van der Waals surface area contributed by atoms with E-state index in [-0.39, 0.29) is 11.8 Å². The highest BCUT2D eigenvalue weighted by molar-refractivity contribution is 6.32. The van der Waals surface area contributed by atoms with Crippen molar-refractivity contribution in [2.24, 2.45) is 5.73 Å². The molecule has 0 bridgehead atoms. The van der Waals surface area contributed by atoms with Gasteiger partial charge >= 0.3 is 0 Å². The van der Waals surface area contributed by atoms with Crippen LogP contribution in [0.1, 0.15) is 31.2 Å². The van der Waals surface area contributed by atoms with E-state index in [1.807, 2.05) is 13.0 Å². The summed E-state index contributed by atoms with van der Waals surface area (Å²) in [5.41, 5.74) is 7.21. The van der Waals surface area contributed by atoms with Crippen molar-refractivity contribution in [1.29, 1.82) is 5.26 Å². The molecule has 1 heterocycles. The molecule has 2 rings (SSSR count). The highest BCUT2D eigenvalue weighted by atomic mass is 16.2. The Hall–Kier alpha value is -1.80. The maximum atomic E-state index is 11.6. The van der Waals surface area contributed by atoms with Crippen molar-refractivity contribution in [3.05, 3.63) is 23.8 Å². The molecule has 1 unspecified atom stereocenters. The van der Waals surface area contributed by atoms with Gasteiger partial charge in [-0.3, -0.25) is 4.79 Å². The lowest BCUT2D eigenvalue weighted by molar-refractivity contribution is -0.117. The van der Waals surface area contributed by atoms with E-state index in [9.17, 15) is 4.79 Å². The molecule has 1 aliphatic rings. The third kappa shape index (κ3) is 3.35. The Morgan fingerprint density at radius 2 is 2.22 bits per heavy atom. The molecule has 0 saturated carbocycles. The molecule has 1 atom stereocenters. The van der Waals surface area contributed by atoms with E-state index in [1.54, 1.807) is 12.1 Å². The number of nitrogens with two attached hydrogens (primary N) is 1. The average molecular weight is 241 g/mol. The number of hydrogen-bond acceptors (Lipinski definition) is 3. The van der Waals surface area contributed by atoms with Gasteiger partial charge in [0.05, 0.1) is 12.0 Å². The van der Waals surface area contributed by atoms with Crippen LogP contribution in [0.15, 0.2) is 18.2 Å². The highest BCUT2D eigenvalue weighted by Gasteiger charge is 2.29. The zero-order valence-corrected chi connectivity index (χ0v) is 10.4. The molecule has 1 aromatic rings. The van der Waals surface area contributed by atoms with Crippen molar-refractivity contribution in [1.82, 2.24) is 0 Å². The number of fused-ring (bicyclic) bond motifs is 1. The summed E-state index contributed by atoms with van der Waals surface area (Å²) in [6.07, 6.45) is 0.959. The Kier molecular flexibility index (Phi) is 5.41. The van der Waals surface area contributed by atoms with Crippen LogP contribution < -0.4 is 16.5 Å². The summed E-state index contributed by atoms with van der Waals surface area (Å²) in [6, 6.07) is 7.43. The molecule has 0 saturated heterocycles. The van der Waals surface area contributed by atoms with Crippen molar-refractivity contribution < 1.29 is 4.79 Å². The first-order chi connectivity index (χ1) is 8.63. The molecule has 1 aliphatic heterocycles. The first kappa shape index (κ1) is 14.3. The molecule has 4 nitrogen and oxygen atoms in total. The molecule has 5 heteroatoms. The van der Waals surface area contributed by atoms with Gasteiger partial charge in [0.1, 0.15) is 7.85 Å². The third-order valence-corrected chi connectivity index (χ3v) is 2.57. The number of benzene rings is 1. The lowest BCUT2D eigenvalue weighted by Crippen LogP contribution is -2.11. The maximum Gasteiger partial charge on any atom is 0.232 e. The number of carbonyl (C=O) groups is 1. The van der Waals surface area contributed by atoms with Crippen LogP contribution in [0.4, 0.5) is 5.69 Å². The van der Waals surface area contributed by atoms with E-state index in [0.717, 1.165) is 17.8 Å². The minimum atomic E-state index is -0.194. The van der Waals surface area contributed by atoms with E-state index in [1.165, 1.54) is 0 Å². The third-order valence-electron chi connectivity index (χ3n) is 2.57. The second kappa shape index (κ2) is 6.82. The van der Waals surface area contributed by atoms with Gasteiger partial charge in [-0.15, -0.1) is 0 Å². The number of nitrogens with one attached hydrogen (secondary N) is 1. The van der Waals surface area contributed by atoms with Crippen molar-refractivity contribution >= 4 is 24.9 Å². The fourth-order valence-electron chi connectivity index (χ4n) is 1.84. The molecule has 0 aliphatic carbocycles. The van der Waals surface area contributed by atoms with Gasteiger partial charge in [0, 0.05) is 12.1 Å². The van der Waals surface area contributed by atoms with Gasteiger partial charge in [-0.05, 0) is 24.6 Å². The lowest BCUT2D eigenvalue weighted by Gasteiger charge is -2.05. The van der Waals surface area contributed by atoms with Crippen molar-refractivity contribution in [3.8, 4) is 6.07 Å². The second-order valence-corrected chi connectivity index (χ2v) is 3.99. The van der Waals surface area contributed by atoms with E-state index in [4.69, 9.17) is 18.8 Å². The number of anilines is 1. The standard InChI is InChI=1S/C11H9BN2O.C2H7N/c12-7-3-4-8-9(2-1-5-13)11(15)14-10(8)6-7;1-2-3/h3-4,6,9H,1-2H2,(H,14,15);2-3H2,1H3. The van der Waals surface area contributed by atoms with E-state index < -0.39 is 0 Å². The number of nitrogens with zero attached hydrogens (tertiary/aromatic N) is 1.